The zero-order valence-corrected chi connectivity index (χ0v) is 19.4. The van der Waals surface area contributed by atoms with E-state index >= 15 is 0 Å². The van der Waals surface area contributed by atoms with Crippen molar-refractivity contribution in [3.63, 3.8) is 0 Å². The maximum Gasteiger partial charge on any atom is 0.225 e. The summed E-state index contributed by atoms with van der Waals surface area (Å²) in [6, 6.07) is 0.494. The van der Waals surface area contributed by atoms with Crippen molar-refractivity contribution in [2.24, 2.45) is 15.9 Å². The zero-order chi connectivity index (χ0) is 22.0. The first-order chi connectivity index (χ1) is 14.9. The molecule has 4 heterocycles. The van der Waals surface area contributed by atoms with E-state index in [0.717, 1.165) is 57.1 Å². The summed E-state index contributed by atoms with van der Waals surface area (Å²) in [5.74, 6) is 4.33. The predicted molar refractivity (Wildman–Crippen MR) is 124 cm³/mol. The van der Waals surface area contributed by atoms with Crippen molar-refractivity contribution in [2.45, 2.75) is 77.8 Å². The van der Waals surface area contributed by atoms with Crippen LogP contribution >= 0.6 is 0 Å². The van der Waals surface area contributed by atoms with Gasteiger partial charge in [-0.2, -0.15) is 0 Å². The van der Waals surface area contributed by atoms with Crippen molar-refractivity contribution in [1.82, 2.24) is 25.1 Å². The van der Waals surface area contributed by atoms with E-state index in [9.17, 15) is 4.79 Å². The normalized spacial score (nSPS) is 22.5. The molecule has 2 saturated heterocycles. The van der Waals surface area contributed by atoms with E-state index in [1.807, 2.05) is 0 Å². The lowest BCUT2D eigenvalue weighted by Gasteiger charge is -2.39. The van der Waals surface area contributed by atoms with E-state index in [1.165, 1.54) is 11.5 Å². The lowest BCUT2D eigenvalue weighted by molar-refractivity contribution is -0.120. The van der Waals surface area contributed by atoms with Gasteiger partial charge in [0.1, 0.15) is 24.2 Å². The summed E-state index contributed by atoms with van der Waals surface area (Å²) in [6.45, 7) is 13.1. The van der Waals surface area contributed by atoms with E-state index in [0.29, 0.717) is 31.0 Å². The number of aliphatic imine (C=N–C) groups is 2. The number of carbonyl (C=O) groups is 1. The van der Waals surface area contributed by atoms with E-state index in [1.54, 1.807) is 0 Å². The molecule has 8 heteroatoms. The van der Waals surface area contributed by atoms with Crippen LogP contribution in [0.3, 0.4) is 0 Å². The van der Waals surface area contributed by atoms with Crippen LogP contribution in [0.15, 0.2) is 16.2 Å². The molecule has 1 unspecified atom stereocenters. The number of fused-ring (bicyclic) bond motifs is 1. The fraction of sp³-hybridized carbons (Fsp3) is 0.739. The Kier molecular flexibility index (Phi) is 6.74. The zero-order valence-electron chi connectivity index (χ0n) is 19.4. The van der Waals surface area contributed by atoms with Crippen molar-refractivity contribution in [3.05, 3.63) is 17.7 Å². The van der Waals surface area contributed by atoms with Crippen LogP contribution in [-0.2, 0) is 11.3 Å². The Morgan fingerprint density at radius 1 is 1.16 bits per heavy atom. The summed E-state index contributed by atoms with van der Waals surface area (Å²) in [4.78, 5) is 28.4. The van der Waals surface area contributed by atoms with Crippen LogP contribution in [0.4, 0.5) is 0 Å². The molecule has 170 valence electrons. The SMILES string of the molecule is CC(C)NCCn1cc(C(C)C)nc1C1CCN(C2=NCN=C3NC(=O)CCC32)CC1. The van der Waals surface area contributed by atoms with E-state index in [-0.39, 0.29) is 11.8 Å². The minimum absolute atomic E-state index is 0.0784. The minimum atomic E-state index is 0.0784. The average Bonchev–Trinajstić information content (AvgIpc) is 3.17. The lowest BCUT2D eigenvalue weighted by Crippen LogP contribution is -2.52. The number of amidine groups is 2. The number of rotatable bonds is 6. The van der Waals surface area contributed by atoms with Gasteiger partial charge in [0.2, 0.25) is 5.91 Å². The van der Waals surface area contributed by atoms with Gasteiger partial charge in [0.05, 0.1) is 11.6 Å². The third-order valence-electron chi connectivity index (χ3n) is 6.55. The maximum absolute atomic E-state index is 11.7. The summed E-state index contributed by atoms with van der Waals surface area (Å²) in [7, 11) is 0. The molecule has 0 radical (unpaired) electrons. The molecule has 1 atom stereocenters. The number of aromatic nitrogens is 2. The van der Waals surface area contributed by atoms with Gasteiger partial charge < -0.3 is 20.1 Å². The highest BCUT2D eigenvalue weighted by atomic mass is 16.1. The standard InChI is InChI=1S/C23H37N7O/c1-15(2)19-13-30(12-9-24-16(3)4)22(27-19)17-7-10-29(11-8-17)23-18-5-6-20(31)28-21(18)25-14-26-23/h13,15-18,24H,5-12,14H2,1-4H3,(H,25,28,31). The number of hydrogen-bond donors (Lipinski definition) is 2. The molecule has 4 rings (SSSR count). The fourth-order valence-corrected chi connectivity index (χ4v) is 4.79. The summed E-state index contributed by atoms with van der Waals surface area (Å²) in [6.07, 6.45) is 5.79. The molecule has 31 heavy (non-hydrogen) atoms. The molecule has 0 aliphatic carbocycles. The number of amides is 1. The predicted octanol–water partition coefficient (Wildman–Crippen LogP) is 2.48. The van der Waals surface area contributed by atoms with Crippen LogP contribution in [0.1, 0.15) is 76.7 Å². The Morgan fingerprint density at radius 2 is 1.94 bits per heavy atom. The van der Waals surface area contributed by atoms with Crippen molar-refractivity contribution >= 4 is 17.6 Å². The quantitative estimate of drug-likeness (QED) is 0.730. The molecule has 1 aromatic rings. The van der Waals surface area contributed by atoms with Crippen molar-refractivity contribution in [2.75, 3.05) is 26.3 Å². The first kappa shape index (κ1) is 22.0. The Hall–Kier alpha value is -2.22. The van der Waals surface area contributed by atoms with Gasteiger partial charge in [0.25, 0.3) is 0 Å². The first-order valence-corrected chi connectivity index (χ1v) is 11.9. The Balaban J connectivity index is 1.41. The topological polar surface area (TPSA) is 86.9 Å². The Bertz CT molecular complexity index is 846. The highest BCUT2D eigenvalue weighted by molar-refractivity contribution is 6.13. The Morgan fingerprint density at radius 3 is 2.65 bits per heavy atom. The average molecular weight is 428 g/mol. The van der Waals surface area contributed by atoms with Crippen LogP contribution in [0, 0.1) is 5.92 Å². The Labute approximate surface area is 185 Å². The molecule has 1 amide bonds. The number of likely N-dealkylation sites (tertiary alicyclic amines) is 1. The van der Waals surface area contributed by atoms with Gasteiger partial charge in [0.15, 0.2) is 0 Å². The third-order valence-corrected chi connectivity index (χ3v) is 6.55. The fourth-order valence-electron chi connectivity index (χ4n) is 4.79. The van der Waals surface area contributed by atoms with Gasteiger partial charge in [-0.15, -0.1) is 0 Å². The molecule has 2 fully saturated rings. The van der Waals surface area contributed by atoms with Gasteiger partial charge in [-0.25, -0.2) is 15.0 Å². The molecule has 0 spiro atoms. The van der Waals surface area contributed by atoms with E-state index in [2.05, 4.69) is 59.0 Å². The molecule has 0 saturated carbocycles. The van der Waals surface area contributed by atoms with Crippen LogP contribution in [-0.4, -0.2) is 64.4 Å². The van der Waals surface area contributed by atoms with E-state index < -0.39 is 0 Å². The van der Waals surface area contributed by atoms with Gasteiger partial charge in [-0.3, -0.25) is 4.79 Å². The lowest BCUT2D eigenvalue weighted by atomic mass is 9.91. The molecule has 0 bridgehead atoms. The molecular formula is C23H37N7O. The number of carbonyl (C=O) groups excluding carboxylic acids is 1. The number of imidazole rings is 1. The molecule has 3 aliphatic rings. The van der Waals surface area contributed by atoms with Gasteiger partial charge in [0, 0.05) is 50.8 Å². The second kappa shape index (κ2) is 9.51. The second-order valence-electron chi connectivity index (χ2n) is 9.58. The second-order valence-corrected chi connectivity index (χ2v) is 9.58. The number of nitrogens with zero attached hydrogens (tertiary/aromatic N) is 5. The van der Waals surface area contributed by atoms with Crippen LogP contribution in [0.5, 0.6) is 0 Å². The molecule has 0 aromatic carbocycles. The number of hydrogen-bond acceptors (Lipinski definition) is 6. The molecule has 1 aromatic heterocycles. The highest BCUT2D eigenvalue weighted by Crippen LogP contribution is 2.31. The maximum atomic E-state index is 11.7. The largest absolute Gasteiger partial charge is 0.360 e. The summed E-state index contributed by atoms with van der Waals surface area (Å²) >= 11 is 0. The molecule has 8 nitrogen and oxygen atoms in total. The van der Waals surface area contributed by atoms with Crippen molar-refractivity contribution in [1.29, 1.82) is 0 Å². The first-order valence-electron chi connectivity index (χ1n) is 11.9. The third kappa shape index (κ3) is 5.00. The van der Waals surface area contributed by atoms with Gasteiger partial charge >= 0.3 is 0 Å². The minimum Gasteiger partial charge on any atom is -0.360 e. The van der Waals surface area contributed by atoms with Crippen molar-refractivity contribution in [3.8, 4) is 0 Å². The molecule has 3 aliphatic heterocycles. The van der Waals surface area contributed by atoms with Gasteiger partial charge in [-0.1, -0.05) is 27.7 Å². The number of piperidine rings is 2. The van der Waals surface area contributed by atoms with Crippen LogP contribution < -0.4 is 10.6 Å². The van der Waals surface area contributed by atoms with Gasteiger partial charge in [-0.05, 0) is 25.2 Å². The van der Waals surface area contributed by atoms with Crippen LogP contribution in [0.25, 0.3) is 0 Å². The van der Waals surface area contributed by atoms with Crippen LogP contribution in [0.2, 0.25) is 0 Å². The smallest absolute Gasteiger partial charge is 0.225 e. The van der Waals surface area contributed by atoms with Crippen molar-refractivity contribution < 1.29 is 4.79 Å². The molecule has 2 N–H and O–H groups in total. The van der Waals surface area contributed by atoms with E-state index in [4.69, 9.17) is 9.98 Å². The number of nitrogens with one attached hydrogen (secondary N) is 2. The molecular weight excluding hydrogens is 390 g/mol. The highest BCUT2D eigenvalue weighted by Gasteiger charge is 2.35. The monoisotopic (exact) mass is 427 g/mol. The summed E-state index contributed by atoms with van der Waals surface area (Å²) in [5.41, 5.74) is 1.19. The summed E-state index contributed by atoms with van der Waals surface area (Å²) < 4.78 is 2.38. The summed E-state index contributed by atoms with van der Waals surface area (Å²) in [5, 5.41) is 6.48.